The molecule has 6 heteroatoms. The number of anilines is 1. The van der Waals surface area contributed by atoms with Gasteiger partial charge in [-0.15, -0.1) is 0 Å². The Hall–Kier alpha value is -3.02. The second-order valence-corrected chi connectivity index (χ2v) is 8.43. The third-order valence-electron chi connectivity index (χ3n) is 5.91. The van der Waals surface area contributed by atoms with E-state index in [9.17, 15) is 9.59 Å². The lowest BCUT2D eigenvalue weighted by molar-refractivity contribution is -0.142. The van der Waals surface area contributed by atoms with Crippen LogP contribution in [0.5, 0.6) is 5.75 Å². The molecule has 1 atom stereocenters. The first-order valence-corrected chi connectivity index (χ1v) is 12.0. The van der Waals surface area contributed by atoms with Crippen molar-refractivity contribution in [3.05, 3.63) is 59.2 Å². The second kappa shape index (κ2) is 12.3. The van der Waals surface area contributed by atoms with E-state index in [1.807, 2.05) is 38.1 Å². The number of ether oxygens (including phenoxy) is 2. The van der Waals surface area contributed by atoms with Gasteiger partial charge in [-0.2, -0.15) is 0 Å². The predicted molar refractivity (Wildman–Crippen MR) is 131 cm³/mol. The van der Waals surface area contributed by atoms with Crippen molar-refractivity contribution in [2.45, 2.75) is 58.9 Å². The van der Waals surface area contributed by atoms with Gasteiger partial charge in [-0.3, -0.25) is 9.59 Å². The summed E-state index contributed by atoms with van der Waals surface area (Å²) < 4.78 is 10.8. The van der Waals surface area contributed by atoms with Crippen molar-refractivity contribution in [2.24, 2.45) is 0 Å². The van der Waals surface area contributed by atoms with Crippen molar-refractivity contribution < 1.29 is 19.1 Å². The van der Waals surface area contributed by atoms with E-state index in [2.05, 4.69) is 28.4 Å². The van der Waals surface area contributed by atoms with Crippen LogP contribution < -0.4 is 15.0 Å². The summed E-state index contributed by atoms with van der Waals surface area (Å²) in [6.07, 6.45) is 4.11. The van der Waals surface area contributed by atoms with Crippen LogP contribution in [0.3, 0.4) is 0 Å². The van der Waals surface area contributed by atoms with Gasteiger partial charge in [0.1, 0.15) is 5.75 Å². The zero-order chi connectivity index (χ0) is 23.6. The zero-order valence-electron chi connectivity index (χ0n) is 20.1. The SMILES string of the molecule is CCOC(=O)Cc1ccc(CC(=O)NC(C)c2ccccc2N2CCCCC2)cc1OCC. The standard InChI is InChI=1S/C27H36N2O4/c1-4-32-25-17-21(13-14-22(25)19-27(31)33-5-2)18-26(30)28-20(3)23-11-7-8-12-24(23)29-15-9-6-10-16-29/h7-8,11-14,17,20H,4-6,9-10,15-16,18-19H2,1-3H3,(H,28,30). The molecule has 0 aliphatic carbocycles. The largest absolute Gasteiger partial charge is 0.494 e. The van der Waals surface area contributed by atoms with Gasteiger partial charge >= 0.3 is 5.97 Å². The van der Waals surface area contributed by atoms with Crippen molar-refractivity contribution in [1.82, 2.24) is 5.32 Å². The fourth-order valence-corrected chi connectivity index (χ4v) is 4.34. The van der Waals surface area contributed by atoms with Gasteiger partial charge < -0.3 is 19.7 Å². The predicted octanol–water partition coefficient (Wildman–Crippen LogP) is 4.60. The number of hydrogen-bond donors (Lipinski definition) is 1. The molecule has 1 fully saturated rings. The summed E-state index contributed by atoms with van der Waals surface area (Å²) in [4.78, 5) is 27.2. The zero-order valence-corrected chi connectivity index (χ0v) is 20.1. The van der Waals surface area contributed by atoms with Gasteiger partial charge in [-0.25, -0.2) is 0 Å². The molecule has 6 nitrogen and oxygen atoms in total. The van der Waals surface area contributed by atoms with Crippen molar-refractivity contribution in [3.8, 4) is 5.75 Å². The molecule has 1 aliphatic rings. The van der Waals surface area contributed by atoms with Crippen LogP contribution in [0, 0.1) is 0 Å². The molecule has 1 amide bonds. The highest BCUT2D eigenvalue weighted by Crippen LogP contribution is 2.29. The van der Waals surface area contributed by atoms with Crippen LogP contribution in [0.15, 0.2) is 42.5 Å². The highest BCUT2D eigenvalue weighted by molar-refractivity contribution is 5.80. The number of rotatable bonds is 10. The van der Waals surface area contributed by atoms with Crippen LogP contribution in [0.2, 0.25) is 0 Å². The minimum Gasteiger partial charge on any atom is -0.494 e. The summed E-state index contributed by atoms with van der Waals surface area (Å²) >= 11 is 0. The molecule has 0 spiro atoms. The van der Waals surface area contributed by atoms with E-state index in [1.54, 1.807) is 6.92 Å². The maximum Gasteiger partial charge on any atom is 0.310 e. The summed E-state index contributed by atoms with van der Waals surface area (Å²) in [7, 11) is 0. The highest BCUT2D eigenvalue weighted by Gasteiger charge is 2.19. The van der Waals surface area contributed by atoms with Crippen molar-refractivity contribution in [2.75, 3.05) is 31.2 Å². The van der Waals surface area contributed by atoms with Crippen molar-refractivity contribution in [1.29, 1.82) is 0 Å². The maximum atomic E-state index is 12.9. The van der Waals surface area contributed by atoms with Crippen molar-refractivity contribution in [3.63, 3.8) is 0 Å². The number of para-hydroxylation sites is 1. The fourth-order valence-electron chi connectivity index (χ4n) is 4.34. The van der Waals surface area contributed by atoms with E-state index < -0.39 is 0 Å². The van der Waals surface area contributed by atoms with Gasteiger partial charge in [0.15, 0.2) is 0 Å². The Bertz CT molecular complexity index is 937. The summed E-state index contributed by atoms with van der Waals surface area (Å²) in [5, 5.41) is 3.16. The number of hydrogen-bond acceptors (Lipinski definition) is 5. The molecule has 1 aliphatic heterocycles. The van der Waals surface area contributed by atoms with Crippen LogP contribution in [0.4, 0.5) is 5.69 Å². The number of nitrogens with zero attached hydrogens (tertiary/aromatic N) is 1. The number of carbonyl (C=O) groups excluding carboxylic acids is 2. The molecule has 1 N–H and O–H groups in total. The number of esters is 1. The lowest BCUT2D eigenvalue weighted by Crippen LogP contribution is -2.33. The molecule has 3 rings (SSSR count). The van der Waals surface area contributed by atoms with E-state index in [-0.39, 0.29) is 30.8 Å². The number of benzene rings is 2. The Morgan fingerprint density at radius 3 is 2.48 bits per heavy atom. The van der Waals surface area contributed by atoms with Crippen LogP contribution in [-0.4, -0.2) is 38.2 Å². The maximum absolute atomic E-state index is 12.9. The summed E-state index contributed by atoms with van der Waals surface area (Å²) in [5.74, 6) is 0.293. The highest BCUT2D eigenvalue weighted by atomic mass is 16.5. The van der Waals surface area contributed by atoms with Gasteiger partial charge in [0.2, 0.25) is 5.91 Å². The average Bonchev–Trinajstić information content (AvgIpc) is 2.81. The molecule has 1 unspecified atom stereocenters. The third kappa shape index (κ3) is 6.98. The Morgan fingerprint density at radius 1 is 1.00 bits per heavy atom. The van der Waals surface area contributed by atoms with E-state index in [1.165, 1.54) is 24.9 Å². The van der Waals surface area contributed by atoms with Gasteiger partial charge in [0.05, 0.1) is 32.1 Å². The van der Waals surface area contributed by atoms with Crippen LogP contribution >= 0.6 is 0 Å². The molecular weight excluding hydrogens is 416 g/mol. The van der Waals surface area contributed by atoms with E-state index >= 15 is 0 Å². The summed E-state index contributed by atoms with van der Waals surface area (Å²) in [6, 6.07) is 13.8. The lowest BCUT2D eigenvalue weighted by Gasteiger charge is -2.32. The van der Waals surface area contributed by atoms with Crippen LogP contribution in [0.25, 0.3) is 0 Å². The molecule has 0 aromatic heterocycles. The first-order valence-electron chi connectivity index (χ1n) is 12.0. The first-order chi connectivity index (χ1) is 16.0. The van der Waals surface area contributed by atoms with Crippen molar-refractivity contribution >= 4 is 17.6 Å². The third-order valence-corrected chi connectivity index (χ3v) is 5.91. The second-order valence-electron chi connectivity index (χ2n) is 8.43. The van der Waals surface area contributed by atoms with Gasteiger partial charge in [-0.1, -0.05) is 30.3 Å². The monoisotopic (exact) mass is 452 g/mol. The minimum absolute atomic E-state index is 0.0449. The summed E-state index contributed by atoms with van der Waals surface area (Å²) in [6.45, 7) is 8.68. The molecular formula is C27H36N2O4. The Morgan fingerprint density at radius 2 is 1.76 bits per heavy atom. The molecule has 1 saturated heterocycles. The Labute approximate surface area is 197 Å². The number of piperidine rings is 1. The normalized spacial score (nSPS) is 14.5. The lowest BCUT2D eigenvalue weighted by atomic mass is 10.0. The quantitative estimate of drug-likeness (QED) is 0.534. The van der Waals surface area contributed by atoms with Crippen LogP contribution in [0.1, 0.15) is 62.8 Å². The average molecular weight is 453 g/mol. The molecule has 2 aromatic carbocycles. The molecule has 0 bridgehead atoms. The molecule has 2 aromatic rings. The van der Waals surface area contributed by atoms with E-state index in [0.717, 1.165) is 29.8 Å². The molecule has 33 heavy (non-hydrogen) atoms. The fraction of sp³-hybridized carbons (Fsp3) is 0.481. The van der Waals surface area contributed by atoms with Crippen LogP contribution in [-0.2, 0) is 27.2 Å². The molecule has 1 heterocycles. The number of carbonyl (C=O) groups is 2. The van der Waals surface area contributed by atoms with E-state index in [0.29, 0.717) is 19.0 Å². The van der Waals surface area contributed by atoms with Gasteiger partial charge in [0, 0.05) is 24.3 Å². The topological polar surface area (TPSA) is 67.9 Å². The smallest absolute Gasteiger partial charge is 0.310 e. The Balaban J connectivity index is 1.67. The minimum atomic E-state index is -0.287. The Kier molecular flexibility index (Phi) is 9.16. The molecule has 178 valence electrons. The molecule has 0 saturated carbocycles. The first kappa shape index (κ1) is 24.6. The number of nitrogens with one attached hydrogen (secondary N) is 1. The van der Waals surface area contributed by atoms with Gasteiger partial charge in [-0.05, 0) is 63.3 Å². The van der Waals surface area contributed by atoms with Gasteiger partial charge in [0.25, 0.3) is 0 Å². The summed E-state index contributed by atoms with van der Waals surface area (Å²) in [5.41, 5.74) is 3.97. The molecule has 0 radical (unpaired) electrons. The number of amides is 1. The van der Waals surface area contributed by atoms with E-state index in [4.69, 9.17) is 9.47 Å².